The van der Waals surface area contributed by atoms with Gasteiger partial charge in [-0.25, -0.2) is 9.78 Å². The molecule has 1 aliphatic heterocycles. The van der Waals surface area contributed by atoms with Gasteiger partial charge in [0.05, 0.1) is 30.7 Å². The Morgan fingerprint density at radius 3 is 2.16 bits per heavy atom. The number of ketones is 1. The van der Waals surface area contributed by atoms with E-state index in [9.17, 15) is 43.2 Å². The normalized spacial score (nSPS) is 17.9. The van der Waals surface area contributed by atoms with Crippen LogP contribution in [-0.4, -0.2) is 136 Å². The van der Waals surface area contributed by atoms with Crippen LogP contribution in [0.3, 0.4) is 0 Å². The fraction of sp³-hybridized carbons (Fsp3) is 0.553. The van der Waals surface area contributed by atoms with Crippen molar-refractivity contribution in [2.75, 3.05) is 33.7 Å². The molecule has 1 saturated heterocycles. The summed E-state index contributed by atoms with van der Waals surface area (Å²) in [6.45, 7) is 11.3. The number of carbonyl (C=O) groups is 9. The third-order valence-corrected chi connectivity index (χ3v) is 11.3. The van der Waals surface area contributed by atoms with Crippen molar-refractivity contribution in [2.45, 2.75) is 122 Å². The summed E-state index contributed by atoms with van der Waals surface area (Å²) in [5.41, 5.74) is 0.168. The van der Waals surface area contributed by atoms with E-state index in [4.69, 9.17) is 4.74 Å². The van der Waals surface area contributed by atoms with Gasteiger partial charge in [0.25, 0.3) is 11.8 Å². The minimum absolute atomic E-state index is 0.00842. The maximum atomic E-state index is 14.3. The molecular weight excluding hydrogens is 865 g/mol. The number of hydrogen-bond donors (Lipinski definition) is 6. The highest BCUT2D eigenvalue weighted by Crippen LogP contribution is 2.28. The van der Waals surface area contributed by atoms with Crippen molar-refractivity contribution in [2.24, 2.45) is 11.8 Å². The number of likely N-dealkylation sites (N-methyl/N-ethyl adjacent to an activating group) is 1. The lowest BCUT2D eigenvalue weighted by atomic mass is 9.83. The van der Waals surface area contributed by atoms with Crippen LogP contribution < -0.4 is 31.9 Å². The molecule has 20 heteroatoms. The fourth-order valence-corrected chi connectivity index (χ4v) is 7.94. The van der Waals surface area contributed by atoms with Crippen LogP contribution >= 0.6 is 0 Å². The van der Waals surface area contributed by atoms with Gasteiger partial charge in [-0.3, -0.25) is 43.3 Å². The number of rotatable bonds is 20. The second kappa shape index (κ2) is 24.7. The van der Waals surface area contributed by atoms with Crippen LogP contribution in [0, 0.1) is 11.8 Å². The molecule has 1 aromatic carbocycles. The number of ether oxygens (including phenoxy) is 1. The first-order chi connectivity index (χ1) is 31.7. The smallest absolute Gasteiger partial charge is 0.410 e. The zero-order chi connectivity index (χ0) is 49.4. The van der Waals surface area contributed by atoms with Gasteiger partial charge in [-0.1, -0.05) is 68.5 Å². The van der Waals surface area contributed by atoms with Crippen molar-refractivity contribution in [3.63, 3.8) is 0 Å². The molecule has 20 nitrogen and oxygen atoms in total. The van der Waals surface area contributed by atoms with Crippen molar-refractivity contribution in [1.29, 1.82) is 0 Å². The van der Waals surface area contributed by atoms with Gasteiger partial charge in [0.1, 0.15) is 29.4 Å². The van der Waals surface area contributed by atoms with Gasteiger partial charge in [0, 0.05) is 39.6 Å². The molecule has 2 heterocycles. The molecule has 6 atom stereocenters. The van der Waals surface area contributed by atoms with E-state index in [-0.39, 0.29) is 37.5 Å². The average Bonchev–Trinajstić information content (AvgIpc) is 3.72. The number of nitrogens with one attached hydrogen (secondary N) is 6. The van der Waals surface area contributed by atoms with Gasteiger partial charge in [-0.2, -0.15) is 0 Å². The zero-order valence-electron chi connectivity index (χ0n) is 39.5. The molecule has 4 rings (SSSR count). The molecule has 364 valence electrons. The van der Waals surface area contributed by atoms with Gasteiger partial charge in [0.2, 0.25) is 35.3 Å². The first kappa shape index (κ1) is 52.9. The summed E-state index contributed by atoms with van der Waals surface area (Å²) in [4.78, 5) is 132. The Balaban J connectivity index is 1.51. The van der Waals surface area contributed by atoms with Gasteiger partial charge in [-0.15, -0.1) is 6.58 Å². The molecule has 1 saturated carbocycles. The van der Waals surface area contributed by atoms with Gasteiger partial charge in [-0.05, 0) is 64.9 Å². The lowest BCUT2D eigenvalue weighted by Gasteiger charge is -2.31. The van der Waals surface area contributed by atoms with Crippen molar-refractivity contribution in [3.05, 3.63) is 72.3 Å². The molecular formula is C47H66N10O10. The highest BCUT2D eigenvalue weighted by atomic mass is 16.6. The Kier molecular flexibility index (Phi) is 19.5. The number of likely N-dealkylation sites (tertiary alicyclic amines) is 1. The topological polar surface area (TPSA) is 267 Å². The summed E-state index contributed by atoms with van der Waals surface area (Å²) in [6, 6.07) is 2.79. The predicted octanol–water partition coefficient (Wildman–Crippen LogP) is 1.87. The molecule has 2 aliphatic rings. The molecule has 1 aromatic heterocycles. The Morgan fingerprint density at radius 1 is 0.881 bits per heavy atom. The third-order valence-electron chi connectivity index (χ3n) is 11.3. The molecule has 1 aliphatic carbocycles. The van der Waals surface area contributed by atoms with E-state index in [2.05, 4.69) is 48.4 Å². The number of nitrogens with zero attached hydrogens (tertiary/aromatic N) is 4. The van der Waals surface area contributed by atoms with E-state index in [1.807, 2.05) is 0 Å². The molecule has 6 N–H and O–H groups in total. The fourth-order valence-electron chi connectivity index (χ4n) is 7.94. The number of benzene rings is 1. The van der Waals surface area contributed by atoms with E-state index >= 15 is 0 Å². The van der Waals surface area contributed by atoms with Gasteiger partial charge < -0.3 is 46.4 Å². The van der Waals surface area contributed by atoms with Gasteiger partial charge in [0.15, 0.2) is 0 Å². The van der Waals surface area contributed by atoms with Crippen LogP contribution in [0.25, 0.3) is 0 Å². The van der Waals surface area contributed by atoms with Crippen molar-refractivity contribution < 1.29 is 47.9 Å². The SMILES string of the molecule is C=C(C)C[C@H](NC(=O)[C@@H](NC(=O)c1cnccn1)C1CCCCC1)C(=O)N[C@H]1CN(C(=O)OC(C)(C)C)C[C@H]1C(=O)N[C@@H](CCC)C(=O)C(=O)NCC(=O)N[C@H](C(=O)N(C)C)c1ccccc1. The first-order valence-corrected chi connectivity index (χ1v) is 22.7. The van der Waals surface area contributed by atoms with Crippen LogP contribution in [0.1, 0.15) is 108 Å². The largest absolute Gasteiger partial charge is 0.444 e. The number of amides is 8. The number of hydrogen-bond acceptors (Lipinski definition) is 12. The van der Waals surface area contributed by atoms with Crippen molar-refractivity contribution in [1.82, 2.24) is 51.7 Å². The molecule has 0 unspecified atom stereocenters. The van der Waals surface area contributed by atoms with Crippen LogP contribution in [0.2, 0.25) is 0 Å². The standard InChI is InChI=1S/C47H66N10O10/c1-9-16-32(39(59)44(64)50-25-36(58)54-38(45(65)56(7)8)30-19-14-11-15-20-30)51-40(60)31-26-57(46(66)67-47(4,5)6)27-35(31)53-41(61)33(23-28(2)3)52-43(63)37(29-17-12-10-13-18-29)55-42(62)34-24-48-21-22-49-34/h11,14-15,19-22,24,29,31-33,35,37-38H,2,9-10,12-13,16-18,23,25-27H2,1,3-8H3,(H,50,64)(H,51,60)(H,52,63)(H,53,61)(H,54,58)(H,55,62)/t31-,32+,33+,35+,37+,38+/m1/s1. The van der Waals surface area contributed by atoms with E-state index < -0.39 is 101 Å². The van der Waals surface area contributed by atoms with E-state index in [0.717, 1.165) is 19.3 Å². The van der Waals surface area contributed by atoms with Crippen LogP contribution in [0.15, 0.2) is 61.1 Å². The first-order valence-electron chi connectivity index (χ1n) is 22.7. The highest BCUT2D eigenvalue weighted by molar-refractivity contribution is 6.38. The number of aromatic nitrogens is 2. The second-order valence-corrected chi connectivity index (χ2v) is 18.3. The Bertz CT molecular complexity index is 2110. The minimum Gasteiger partial charge on any atom is -0.444 e. The van der Waals surface area contributed by atoms with Crippen LogP contribution in [0.5, 0.6) is 0 Å². The van der Waals surface area contributed by atoms with Gasteiger partial charge >= 0.3 is 6.09 Å². The summed E-state index contributed by atoms with van der Waals surface area (Å²) < 4.78 is 5.58. The molecule has 0 bridgehead atoms. The zero-order valence-corrected chi connectivity index (χ0v) is 39.5. The molecule has 2 aromatic rings. The Hall–Kier alpha value is -6.73. The highest BCUT2D eigenvalue weighted by Gasteiger charge is 2.44. The Morgan fingerprint density at radius 2 is 1.57 bits per heavy atom. The van der Waals surface area contributed by atoms with E-state index in [1.54, 1.807) is 65.0 Å². The van der Waals surface area contributed by atoms with E-state index in [0.29, 0.717) is 30.4 Å². The van der Waals surface area contributed by atoms with Crippen molar-refractivity contribution in [3.8, 4) is 0 Å². The lowest BCUT2D eigenvalue weighted by molar-refractivity contribution is -0.141. The average molecular weight is 931 g/mol. The number of Topliss-reactive ketones (excluding diaryl/α,β-unsaturated/α-hetero) is 1. The monoisotopic (exact) mass is 930 g/mol. The van der Waals surface area contributed by atoms with Crippen LogP contribution in [-0.2, 0) is 38.3 Å². The molecule has 0 spiro atoms. The number of carbonyl (C=O) groups excluding carboxylic acids is 9. The molecule has 8 amide bonds. The quantitative estimate of drug-likeness (QED) is 0.0822. The van der Waals surface area contributed by atoms with E-state index in [1.165, 1.54) is 42.5 Å². The Labute approximate surface area is 391 Å². The summed E-state index contributed by atoms with van der Waals surface area (Å²) >= 11 is 0. The molecule has 2 fully saturated rings. The summed E-state index contributed by atoms with van der Waals surface area (Å²) in [7, 11) is 3.07. The second-order valence-electron chi connectivity index (χ2n) is 18.3. The summed E-state index contributed by atoms with van der Waals surface area (Å²) in [6.07, 6.45) is 7.71. The van der Waals surface area contributed by atoms with Crippen molar-refractivity contribution >= 4 is 53.2 Å². The predicted molar refractivity (Wildman–Crippen MR) is 245 cm³/mol. The van der Waals surface area contributed by atoms with Crippen LogP contribution in [0.4, 0.5) is 4.79 Å². The minimum atomic E-state index is -1.36. The molecule has 0 radical (unpaired) electrons. The summed E-state index contributed by atoms with van der Waals surface area (Å²) in [5, 5.41) is 16.0. The third kappa shape index (κ3) is 16.0. The lowest BCUT2D eigenvalue weighted by Crippen LogP contribution is -2.58. The maximum absolute atomic E-state index is 14.3. The summed E-state index contributed by atoms with van der Waals surface area (Å²) in [5.74, 6) is -7.41. The molecule has 67 heavy (non-hydrogen) atoms. The maximum Gasteiger partial charge on any atom is 0.410 e.